The molecule has 0 aromatic carbocycles. The summed E-state index contributed by atoms with van der Waals surface area (Å²) in [6.07, 6.45) is 8.04. The van der Waals surface area contributed by atoms with Crippen LogP contribution in [0.3, 0.4) is 0 Å². The zero-order valence-corrected chi connectivity index (χ0v) is 20.3. The molecular formula is C21H40IN5O. The Morgan fingerprint density at radius 3 is 2.54 bits per heavy atom. The van der Waals surface area contributed by atoms with Crippen molar-refractivity contribution in [2.45, 2.75) is 52.0 Å². The highest BCUT2D eigenvalue weighted by molar-refractivity contribution is 14.0. The second-order valence-electron chi connectivity index (χ2n) is 7.24. The Bertz CT molecular complexity index is 513. The molecule has 0 bridgehead atoms. The summed E-state index contributed by atoms with van der Waals surface area (Å²) < 4.78 is 5.72. The highest BCUT2D eigenvalue weighted by atomic mass is 127. The Kier molecular flexibility index (Phi) is 13.6. The van der Waals surface area contributed by atoms with Crippen molar-refractivity contribution >= 4 is 29.9 Å². The summed E-state index contributed by atoms with van der Waals surface area (Å²) in [4.78, 5) is 9.39. The number of guanidine groups is 1. The van der Waals surface area contributed by atoms with Gasteiger partial charge in [-0.1, -0.05) is 20.3 Å². The minimum Gasteiger partial charge on any atom is -0.468 e. The lowest BCUT2D eigenvalue weighted by atomic mass is 10.1. The maximum absolute atomic E-state index is 5.72. The van der Waals surface area contributed by atoms with E-state index in [1.165, 1.54) is 32.2 Å². The second kappa shape index (κ2) is 15.1. The van der Waals surface area contributed by atoms with Crippen LogP contribution in [0.1, 0.15) is 57.8 Å². The number of aliphatic imine (C=N–C) groups is 1. The fourth-order valence-corrected chi connectivity index (χ4v) is 3.74. The first kappa shape index (κ1) is 25.2. The molecule has 1 unspecified atom stereocenters. The lowest BCUT2D eigenvalue weighted by Gasteiger charge is -2.33. The first-order valence-electron chi connectivity index (χ1n) is 10.7. The van der Waals surface area contributed by atoms with E-state index in [9.17, 15) is 0 Å². The minimum atomic E-state index is 0. The van der Waals surface area contributed by atoms with E-state index in [4.69, 9.17) is 4.42 Å². The molecule has 1 fully saturated rings. The molecule has 1 aliphatic heterocycles. The number of halogens is 1. The van der Waals surface area contributed by atoms with Gasteiger partial charge in [0.15, 0.2) is 5.96 Å². The smallest absolute Gasteiger partial charge is 0.191 e. The third-order valence-corrected chi connectivity index (χ3v) is 5.48. The van der Waals surface area contributed by atoms with Crippen LogP contribution in [0.2, 0.25) is 0 Å². The predicted octanol–water partition coefficient (Wildman–Crippen LogP) is 3.71. The second-order valence-corrected chi connectivity index (χ2v) is 7.24. The molecule has 2 heterocycles. The van der Waals surface area contributed by atoms with Crippen LogP contribution in [0.4, 0.5) is 0 Å². The fraction of sp³-hybridized carbons (Fsp3) is 0.762. The number of hydrogen-bond acceptors (Lipinski definition) is 4. The van der Waals surface area contributed by atoms with Crippen LogP contribution in [-0.4, -0.2) is 68.6 Å². The van der Waals surface area contributed by atoms with Crippen molar-refractivity contribution in [2.24, 2.45) is 4.99 Å². The minimum absolute atomic E-state index is 0. The Morgan fingerprint density at radius 1 is 1.18 bits per heavy atom. The van der Waals surface area contributed by atoms with Gasteiger partial charge >= 0.3 is 0 Å². The summed E-state index contributed by atoms with van der Waals surface area (Å²) in [6.45, 7) is 12.0. The molecule has 1 aromatic heterocycles. The third kappa shape index (κ3) is 8.69. The molecule has 7 heteroatoms. The fourth-order valence-electron chi connectivity index (χ4n) is 3.74. The molecule has 0 saturated carbocycles. The third-order valence-electron chi connectivity index (χ3n) is 5.48. The molecule has 0 aliphatic carbocycles. The van der Waals surface area contributed by atoms with Crippen molar-refractivity contribution in [3.63, 3.8) is 0 Å². The van der Waals surface area contributed by atoms with Crippen LogP contribution in [0.5, 0.6) is 0 Å². The van der Waals surface area contributed by atoms with E-state index in [1.54, 1.807) is 6.26 Å². The predicted molar refractivity (Wildman–Crippen MR) is 129 cm³/mol. The first-order chi connectivity index (χ1) is 13.3. The molecule has 2 rings (SSSR count). The lowest BCUT2D eigenvalue weighted by Crippen LogP contribution is -2.44. The van der Waals surface area contributed by atoms with Crippen molar-refractivity contribution < 1.29 is 4.42 Å². The van der Waals surface area contributed by atoms with Gasteiger partial charge in [0, 0.05) is 20.1 Å². The average molecular weight is 505 g/mol. The van der Waals surface area contributed by atoms with Gasteiger partial charge in [0.1, 0.15) is 5.76 Å². The molecule has 1 aromatic rings. The van der Waals surface area contributed by atoms with Crippen molar-refractivity contribution in [1.29, 1.82) is 0 Å². The highest BCUT2D eigenvalue weighted by Gasteiger charge is 2.24. The van der Waals surface area contributed by atoms with E-state index < -0.39 is 0 Å². The van der Waals surface area contributed by atoms with Gasteiger partial charge < -0.3 is 20.0 Å². The van der Waals surface area contributed by atoms with Gasteiger partial charge in [-0.25, -0.2) is 0 Å². The van der Waals surface area contributed by atoms with Crippen molar-refractivity contribution in [2.75, 3.05) is 52.9 Å². The van der Waals surface area contributed by atoms with Gasteiger partial charge in [0.25, 0.3) is 0 Å². The maximum Gasteiger partial charge on any atom is 0.191 e. The van der Waals surface area contributed by atoms with Crippen LogP contribution in [0, 0.1) is 0 Å². The quantitative estimate of drug-likeness (QED) is 0.208. The summed E-state index contributed by atoms with van der Waals surface area (Å²) in [5.41, 5.74) is 0. The van der Waals surface area contributed by atoms with E-state index in [0.717, 1.165) is 57.4 Å². The number of piperidine rings is 1. The average Bonchev–Trinajstić information content (AvgIpc) is 3.24. The molecule has 1 saturated heterocycles. The van der Waals surface area contributed by atoms with Gasteiger partial charge in [0.05, 0.1) is 12.3 Å². The Hall–Kier alpha value is -0.800. The molecule has 0 amide bonds. The summed E-state index contributed by atoms with van der Waals surface area (Å²) in [6, 6.07) is 4.33. The van der Waals surface area contributed by atoms with Gasteiger partial charge in [-0.2, -0.15) is 0 Å². The summed E-state index contributed by atoms with van der Waals surface area (Å²) >= 11 is 0. The Balaban J connectivity index is 0.00000392. The SMILES string of the molecule is CCN(CC)CCCCNC(=NC)NCC(c1ccco1)N1CCCCC1.I. The Labute approximate surface area is 188 Å². The number of rotatable bonds is 11. The normalized spacial score (nSPS) is 16.6. The Morgan fingerprint density at radius 2 is 1.93 bits per heavy atom. The summed E-state index contributed by atoms with van der Waals surface area (Å²) in [7, 11) is 1.84. The standard InChI is InChI=1S/C21H39N5O.HI/c1-4-25(5-2)14-10-7-13-23-21(22-3)24-18-19(20-12-11-17-27-20)26-15-8-6-9-16-26;/h11-12,17,19H,4-10,13-16,18H2,1-3H3,(H2,22,23,24);1H. The van der Waals surface area contributed by atoms with Gasteiger partial charge in [-0.15, -0.1) is 24.0 Å². The summed E-state index contributed by atoms with van der Waals surface area (Å²) in [5, 5.41) is 6.96. The molecule has 28 heavy (non-hydrogen) atoms. The molecule has 1 aliphatic rings. The van der Waals surface area contributed by atoms with Crippen LogP contribution >= 0.6 is 24.0 Å². The molecule has 1 atom stereocenters. The van der Waals surface area contributed by atoms with E-state index in [0.29, 0.717) is 0 Å². The number of unbranched alkanes of at least 4 members (excludes halogenated alkanes) is 1. The van der Waals surface area contributed by atoms with Crippen molar-refractivity contribution in [1.82, 2.24) is 20.4 Å². The molecular weight excluding hydrogens is 465 g/mol. The van der Waals surface area contributed by atoms with Gasteiger partial charge in [-0.3, -0.25) is 9.89 Å². The topological polar surface area (TPSA) is 56.0 Å². The van der Waals surface area contributed by atoms with E-state index in [-0.39, 0.29) is 30.0 Å². The van der Waals surface area contributed by atoms with Gasteiger partial charge in [-0.05, 0) is 70.5 Å². The molecule has 2 N–H and O–H groups in total. The number of likely N-dealkylation sites (tertiary alicyclic amines) is 1. The largest absolute Gasteiger partial charge is 0.468 e. The monoisotopic (exact) mass is 505 g/mol. The number of nitrogens with zero attached hydrogens (tertiary/aromatic N) is 3. The van der Waals surface area contributed by atoms with E-state index >= 15 is 0 Å². The molecule has 6 nitrogen and oxygen atoms in total. The van der Waals surface area contributed by atoms with E-state index in [2.05, 4.69) is 45.3 Å². The number of nitrogens with one attached hydrogen (secondary N) is 2. The summed E-state index contributed by atoms with van der Waals surface area (Å²) in [5.74, 6) is 1.92. The van der Waals surface area contributed by atoms with Crippen LogP contribution in [-0.2, 0) is 0 Å². The zero-order valence-electron chi connectivity index (χ0n) is 18.0. The first-order valence-corrected chi connectivity index (χ1v) is 10.7. The highest BCUT2D eigenvalue weighted by Crippen LogP contribution is 2.24. The van der Waals surface area contributed by atoms with Crippen molar-refractivity contribution in [3.8, 4) is 0 Å². The lowest BCUT2D eigenvalue weighted by molar-refractivity contribution is 0.146. The van der Waals surface area contributed by atoms with Crippen LogP contribution < -0.4 is 10.6 Å². The molecule has 0 radical (unpaired) electrons. The number of furan rings is 1. The van der Waals surface area contributed by atoms with Crippen LogP contribution in [0.25, 0.3) is 0 Å². The molecule has 162 valence electrons. The molecule has 0 spiro atoms. The van der Waals surface area contributed by atoms with Gasteiger partial charge in [0.2, 0.25) is 0 Å². The van der Waals surface area contributed by atoms with Crippen LogP contribution in [0.15, 0.2) is 27.8 Å². The number of hydrogen-bond donors (Lipinski definition) is 2. The van der Waals surface area contributed by atoms with E-state index in [1.807, 2.05) is 13.1 Å². The maximum atomic E-state index is 5.72. The van der Waals surface area contributed by atoms with Crippen molar-refractivity contribution in [3.05, 3.63) is 24.2 Å². The zero-order chi connectivity index (χ0) is 19.3.